The highest BCUT2D eigenvalue weighted by Crippen LogP contribution is 2.45. The van der Waals surface area contributed by atoms with E-state index in [0.29, 0.717) is 5.56 Å². The summed E-state index contributed by atoms with van der Waals surface area (Å²) in [6, 6.07) is 12.5. The van der Waals surface area contributed by atoms with Gasteiger partial charge in [0.1, 0.15) is 6.29 Å². The van der Waals surface area contributed by atoms with E-state index in [9.17, 15) is 14.7 Å². The molecule has 0 aliphatic heterocycles. The predicted octanol–water partition coefficient (Wildman–Crippen LogP) is 2.70. The van der Waals surface area contributed by atoms with Crippen molar-refractivity contribution in [3.8, 4) is 11.1 Å². The first-order valence-corrected chi connectivity index (χ1v) is 5.65. The molecule has 0 spiro atoms. The van der Waals surface area contributed by atoms with Crippen molar-refractivity contribution in [3.63, 3.8) is 0 Å². The normalized spacial score (nSPS) is 15.9. The molecule has 1 N–H and O–H groups in total. The minimum atomic E-state index is -0.965. The zero-order chi connectivity index (χ0) is 12.7. The maximum atomic E-state index is 11.3. The van der Waals surface area contributed by atoms with E-state index < -0.39 is 5.97 Å². The Bertz CT molecular complexity index is 659. The van der Waals surface area contributed by atoms with Crippen LogP contribution in [0, 0.1) is 0 Å². The first kappa shape index (κ1) is 10.7. The molecule has 0 fully saturated rings. The number of aromatic carboxylic acids is 1. The van der Waals surface area contributed by atoms with Crippen molar-refractivity contribution in [2.24, 2.45) is 0 Å². The molecule has 18 heavy (non-hydrogen) atoms. The van der Waals surface area contributed by atoms with Crippen LogP contribution >= 0.6 is 0 Å². The Balaban J connectivity index is 2.39. The second-order valence-corrected chi connectivity index (χ2v) is 4.28. The molecule has 2 aromatic carbocycles. The van der Waals surface area contributed by atoms with E-state index in [2.05, 4.69) is 0 Å². The molecule has 0 saturated heterocycles. The van der Waals surface area contributed by atoms with Gasteiger partial charge in [0, 0.05) is 5.56 Å². The van der Waals surface area contributed by atoms with Gasteiger partial charge in [0.15, 0.2) is 0 Å². The van der Waals surface area contributed by atoms with Crippen LogP contribution in [0.5, 0.6) is 0 Å². The zero-order valence-electron chi connectivity index (χ0n) is 9.46. The summed E-state index contributed by atoms with van der Waals surface area (Å²) in [6.45, 7) is 0. The van der Waals surface area contributed by atoms with E-state index in [1.54, 1.807) is 12.1 Å². The molecule has 88 valence electrons. The maximum absolute atomic E-state index is 11.3. The number of rotatable bonds is 2. The lowest BCUT2D eigenvalue weighted by molar-refractivity contribution is -0.108. The third-order valence-electron chi connectivity index (χ3n) is 3.36. The average molecular weight is 238 g/mol. The lowest BCUT2D eigenvalue weighted by Crippen LogP contribution is -2.01. The first-order valence-electron chi connectivity index (χ1n) is 5.65. The average Bonchev–Trinajstić information content (AvgIpc) is 2.72. The molecule has 0 amide bonds. The van der Waals surface area contributed by atoms with E-state index in [0.717, 1.165) is 23.0 Å². The molecule has 2 aromatic rings. The lowest BCUT2D eigenvalue weighted by Gasteiger charge is -2.06. The number of carboxylic acid groups (broad SMARTS) is 1. The highest BCUT2D eigenvalue weighted by molar-refractivity contribution is 6.01. The molecular weight excluding hydrogens is 228 g/mol. The highest BCUT2D eigenvalue weighted by Gasteiger charge is 2.31. The van der Waals surface area contributed by atoms with Crippen LogP contribution in [-0.4, -0.2) is 17.4 Å². The van der Waals surface area contributed by atoms with Gasteiger partial charge in [-0.2, -0.15) is 0 Å². The number of carboxylic acids is 1. The standard InChI is InChI=1S/C15H10O3/c16-8-13-9-4-1-2-5-10(9)14-11(13)6-3-7-12(14)15(17)18/h1-8,13H,(H,17,18). The summed E-state index contributed by atoms with van der Waals surface area (Å²) in [4.78, 5) is 22.5. The van der Waals surface area contributed by atoms with E-state index in [4.69, 9.17) is 0 Å². The molecule has 1 aliphatic carbocycles. The Labute approximate surface area is 104 Å². The van der Waals surface area contributed by atoms with Crippen LogP contribution in [0.25, 0.3) is 11.1 Å². The first-order chi connectivity index (χ1) is 8.74. The van der Waals surface area contributed by atoms with E-state index >= 15 is 0 Å². The molecule has 0 aromatic heterocycles. The van der Waals surface area contributed by atoms with Gasteiger partial charge in [0.2, 0.25) is 0 Å². The van der Waals surface area contributed by atoms with E-state index in [1.165, 1.54) is 0 Å². The van der Waals surface area contributed by atoms with Gasteiger partial charge in [-0.1, -0.05) is 36.4 Å². The molecule has 3 heteroatoms. The molecule has 1 aliphatic rings. The number of hydrogen-bond acceptors (Lipinski definition) is 2. The monoisotopic (exact) mass is 238 g/mol. The molecule has 3 nitrogen and oxygen atoms in total. The quantitative estimate of drug-likeness (QED) is 0.818. The van der Waals surface area contributed by atoms with Crippen LogP contribution < -0.4 is 0 Å². The van der Waals surface area contributed by atoms with Gasteiger partial charge in [-0.3, -0.25) is 0 Å². The number of hydrogen-bond donors (Lipinski definition) is 1. The van der Waals surface area contributed by atoms with Gasteiger partial charge in [0.25, 0.3) is 0 Å². The van der Waals surface area contributed by atoms with Gasteiger partial charge in [-0.25, -0.2) is 4.79 Å². The van der Waals surface area contributed by atoms with Crippen molar-refractivity contribution in [2.75, 3.05) is 0 Å². The van der Waals surface area contributed by atoms with Crippen molar-refractivity contribution in [1.29, 1.82) is 0 Å². The third kappa shape index (κ3) is 1.31. The number of fused-ring (bicyclic) bond motifs is 3. The fourth-order valence-electron chi connectivity index (χ4n) is 2.62. The molecule has 3 rings (SSSR count). The molecule has 0 saturated carbocycles. The lowest BCUT2D eigenvalue weighted by atomic mass is 9.97. The minimum absolute atomic E-state index is 0.254. The zero-order valence-corrected chi connectivity index (χ0v) is 9.46. The van der Waals surface area contributed by atoms with E-state index in [1.807, 2.05) is 30.3 Å². The predicted molar refractivity (Wildman–Crippen MR) is 66.7 cm³/mol. The molecular formula is C15H10O3. The van der Waals surface area contributed by atoms with Crippen molar-refractivity contribution in [3.05, 3.63) is 59.2 Å². The van der Waals surface area contributed by atoms with Crippen molar-refractivity contribution < 1.29 is 14.7 Å². The second-order valence-electron chi connectivity index (χ2n) is 4.28. The Hall–Kier alpha value is -2.42. The fraction of sp³-hybridized carbons (Fsp3) is 0.0667. The molecule has 1 unspecified atom stereocenters. The molecule has 0 radical (unpaired) electrons. The Morgan fingerprint density at radius 3 is 2.50 bits per heavy atom. The Morgan fingerprint density at radius 2 is 1.78 bits per heavy atom. The number of aldehydes is 1. The van der Waals surface area contributed by atoms with E-state index in [-0.39, 0.29) is 11.5 Å². The number of benzene rings is 2. The van der Waals surface area contributed by atoms with Crippen LogP contribution in [0.3, 0.4) is 0 Å². The van der Waals surface area contributed by atoms with Crippen molar-refractivity contribution >= 4 is 12.3 Å². The van der Waals surface area contributed by atoms with Crippen LogP contribution in [0.2, 0.25) is 0 Å². The second kappa shape index (κ2) is 3.81. The number of carbonyl (C=O) groups excluding carboxylic acids is 1. The number of carbonyl (C=O) groups is 2. The SMILES string of the molecule is O=CC1c2ccccc2-c2c(C(=O)O)cccc21. The van der Waals surface area contributed by atoms with Gasteiger partial charge in [-0.15, -0.1) is 0 Å². The maximum Gasteiger partial charge on any atom is 0.336 e. The smallest absolute Gasteiger partial charge is 0.336 e. The summed E-state index contributed by atoms with van der Waals surface area (Å²) < 4.78 is 0. The molecule has 0 bridgehead atoms. The third-order valence-corrected chi connectivity index (χ3v) is 3.36. The van der Waals surface area contributed by atoms with Crippen LogP contribution in [0.15, 0.2) is 42.5 Å². The van der Waals surface area contributed by atoms with Crippen molar-refractivity contribution in [1.82, 2.24) is 0 Å². The van der Waals surface area contributed by atoms with Crippen molar-refractivity contribution in [2.45, 2.75) is 5.92 Å². The largest absolute Gasteiger partial charge is 0.478 e. The topological polar surface area (TPSA) is 54.4 Å². The Morgan fingerprint density at radius 1 is 1.06 bits per heavy atom. The summed E-state index contributed by atoms with van der Waals surface area (Å²) in [5.41, 5.74) is 3.45. The van der Waals surface area contributed by atoms with Gasteiger partial charge in [-0.05, 0) is 22.8 Å². The van der Waals surface area contributed by atoms with Gasteiger partial charge < -0.3 is 9.90 Å². The molecule has 0 heterocycles. The minimum Gasteiger partial charge on any atom is -0.478 e. The summed E-state index contributed by atoms with van der Waals surface area (Å²) in [6.07, 6.45) is 0.871. The Kier molecular flexibility index (Phi) is 2.27. The van der Waals surface area contributed by atoms with Crippen LogP contribution in [-0.2, 0) is 4.79 Å². The summed E-state index contributed by atoms with van der Waals surface area (Å²) in [5.74, 6) is -1.32. The summed E-state index contributed by atoms with van der Waals surface area (Å²) in [7, 11) is 0. The van der Waals surface area contributed by atoms with Gasteiger partial charge >= 0.3 is 5.97 Å². The molecule has 1 atom stereocenters. The van der Waals surface area contributed by atoms with Crippen LogP contribution in [0.4, 0.5) is 0 Å². The highest BCUT2D eigenvalue weighted by atomic mass is 16.4. The summed E-state index contributed by atoms with van der Waals surface area (Å²) >= 11 is 0. The fourth-order valence-corrected chi connectivity index (χ4v) is 2.62. The van der Waals surface area contributed by atoms with Gasteiger partial charge in [0.05, 0.1) is 11.5 Å². The summed E-state index contributed by atoms with van der Waals surface area (Å²) in [5, 5.41) is 9.25. The van der Waals surface area contributed by atoms with Crippen LogP contribution in [0.1, 0.15) is 27.4 Å².